The molecule has 1 aromatic heterocycles. The fraction of sp³-hybridized carbons (Fsp3) is 0.438. The molecule has 3 nitrogen and oxygen atoms in total. The molecule has 0 radical (unpaired) electrons. The first-order chi connectivity index (χ1) is 9.15. The predicted octanol–water partition coefficient (Wildman–Crippen LogP) is 3.25. The van der Waals surface area contributed by atoms with Crippen molar-refractivity contribution in [3.63, 3.8) is 0 Å². The lowest BCUT2D eigenvalue weighted by Gasteiger charge is -2.35. The van der Waals surface area contributed by atoms with Crippen LogP contribution in [-0.4, -0.2) is 22.4 Å². The first-order valence-corrected chi connectivity index (χ1v) is 7.04. The number of benzene rings is 1. The van der Waals surface area contributed by atoms with Gasteiger partial charge in [-0.2, -0.15) is 5.10 Å². The summed E-state index contributed by atoms with van der Waals surface area (Å²) in [4.78, 5) is 2.51. The highest BCUT2D eigenvalue weighted by Gasteiger charge is 2.19. The molecule has 3 heteroatoms. The Morgan fingerprint density at radius 1 is 1.21 bits per heavy atom. The summed E-state index contributed by atoms with van der Waals surface area (Å²) in [5, 5.41) is 4.26. The molecule has 0 unspecified atom stereocenters. The lowest BCUT2D eigenvalue weighted by Crippen LogP contribution is -2.35. The van der Waals surface area contributed by atoms with E-state index in [2.05, 4.69) is 48.2 Å². The molecule has 19 heavy (non-hydrogen) atoms. The third-order valence-corrected chi connectivity index (χ3v) is 3.90. The topological polar surface area (TPSA) is 21.1 Å². The SMILES string of the molecule is CC(C)N1CCCc2ccc(-c3cnn(C)c3)cc21. The van der Waals surface area contributed by atoms with Crippen LogP contribution in [0.25, 0.3) is 11.1 Å². The first-order valence-electron chi connectivity index (χ1n) is 7.04. The van der Waals surface area contributed by atoms with E-state index in [-0.39, 0.29) is 0 Å². The van der Waals surface area contributed by atoms with Gasteiger partial charge in [-0.1, -0.05) is 12.1 Å². The van der Waals surface area contributed by atoms with E-state index in [9.17, 15) is 0 Å². The Morgan fingerprint density at radius 3 is 2.74 bits per heavy atom. The number of nitrogens with zero attached hydrogens (tertiary/aromatic N) is 3. The van der Waals surface area contributed by atoms with E-state index in [4.69, 9.17) is 0 Å². The molecule has 0 fully saturated rings. The van der Waals surface area contributed by atoms with Crippen molar-refractivity contribution in [2.75, 3.05) is 11.4 Å². The predicted molar refractivity (Wildman–Crippen MR) is 79.4 cm³/mol. The fourth-order valence-electron chi connectivity index (χ4n) is 2.89. The van der Waals surface area contributed by atoms with Crippen LogP contribution in [0.2, 0.25) is 0 Å². The third kappa shape index (κ3) is 2.25. The highest BCUT2D eigenvalue weighted by atomic mass is 15.2. The van der Waals surface area contributed by atoms with E-state index >= 15 is 0 Å². The van der Waals surface area contributed by atoms with Crippen molar-refractivity contribution < 1.29 is 0 Å². The van der Waals surface area contributed by atoms with Crippen molar-refractivity contribution in [3.05, 3.63) is 36.2 Å². The van der Waals surface area contributed by atoms with Gasteiger partial charge in [-0.15, -0.1) is 0 Å². The van der Waals surface area contributed by atoms with E-state index in [0.717, 1.165) is 0 Å². The van der Waals surface area contributed by atoms with Gasteiger partial charge in [0.15, 0.2) is 0 Å². The maximum absolute atomic E-state index is 4.26. The molecule has 1 aliphatic rings. The minimum atomic E-state index is 0.559. The zero-order chi connectivity index (χ0) is 13.4. The van der Waals surface area contributed by atoms with Gasteiger partial charge in [0.1, 0.15) is 0 Å². The van der Waals surface area contributed by atoms with E-state index in [1.807, 2.05) is 17.9 Å². The van der Waals surface area contributed by atoms with Crippen molar-refractivity contribution in [2.45, 2.75) is 32.7 Å². The Morgan fingerprint density at radius 2 is 2.05 bits per heavy atom. The molecule has 0 N–H and O–H groups in total. The molecule has 0 spiro atoms. The maximum atomic E-state index is 4.26. The molecular weight excluding hydrogens is 234 g/mol. The summed E-state index contributed by atoms with van der Waals surface area (Å²) in [6, 6.07) is 7.39. The zero-order valence-corrected chi connectivity index (χ0v) is 11.9. The number of fused-ring (bicyclic) bond motifs is 1. The minimum Gasteiger partial charge on any atom is -0.369 e. The number of hydrogen-bond donors (Lipinski definition) is 0. The number of aryl methyl sites for hydroxylation is 2. The molecule has 0 saturated heterocycles. The van der Waals surface area contributed by atoms with Crippen LogP contribution in [0.3, 0.4) is 0 Å². The summed E-state index contributed by atoms with van der Waals surface area (Å²) in [6.45, 7) is 5.71. The van der Waals surface area contributed by atoms with Crippen LogP contribution in [0.5, 0.6) is 0 Å². The van der Waals surface area contributed by atoms with Crippen molar-refractivity contribution >= 4 is 5.69 Å². The van der Waals surface area contributed by atoms with Crippen molar-refractivity contribution in [3.8, 4) is 11.1 Å². The smallest absolute Gasteiger partial charge is 0.0568 e. The summed E-state index contributed by atoms with van der Waals surface area (Å²) in [6.07, 6.45) is 6.47. The van der Waals surface area contributed by atoms with Crippen LogP contribution in [0, 0.1) is 0 Å². The molecule has 0 amide bonds. The first kappa shape index (κ1) is 12.3. The molecule has 3 rings (SSSR count). The molecule has 0 atom stereocenters. The molecule has 2 heterocycles. The average molecular weight is 255 g/mol. The highest BCUT2D eigenvalue weighted by molar-refractivity contribution is 5.70. The summed E-state index contributed by atoms with van der Waals surface area (Å²) in [7, 11) is 1.96. The number of hydrogen-bond acceptors (Lipinski definition) is 2. The maximum Gasteiger partial charge on any atom is 0.0568 e. The van der Waals surface area contributed by atoms with Gasteiger partial charge in [0.05, 0.1) is 6.20 Å². The van der Waals surface area contributed by atoms with Gasteiger partial charge < -0.3 is 4.90 Å². The Labute approximate surface area is 114 Å². The van der Waals surface area contributed by atoms with Crippen molar-refractivity contribution in [1.29, 1.82) is 0 Å². The number of rotatable bonds is 2. The van der Waals surface area contributed by atoms with E-state index in [0.29, 0.717) is 6.04 Å². The van der Waals surface area contributed by atoms with Crippen LogP contribution in [0.15, 0.2) is 30.6 Å². The molecule has 1 aliphatic heterocycles. The average Bonchev–Trinajstić information content (AvgIpc) is 2.84. The summed E-state index contributed by atoms with van der Waals surface area (Å²) in [5.41, 5.74) is 5.34. The van der Waals surface area contributed by atoms with Crippen LogP contribution in [-0.2, 0) is 13.5 Å². The molecule has 100 valence electrons. The van der Waals surface area contributed by atoms with Crippen LogP contribution in [0.4, 0.5) is 5.69 Å². The molecule has 2 aromatic rings. The van der Waals surface area contributed by atoms with Gasteiger partial charge in [-0.25, -0.2) is 0 Å². The van der Waals surface area contributed by atoms with Gasteiger partial charge in [0, 0.05) is 37.1 Å². The van der Waals surface area contributed by atoms with E-state index in [1.165, 1.54) is 41.8 Å². The molecule has 0 saturated carbocycles. The largest absolute Gasteiger partial charge is 0.369 e. The summed E-state index contributed by atoms with van der Waals surface area (Å²) >= 11 is 0. The fourth-order valence-corrected chi connectivity index (χ4v) is 2.89. The summed E-state index contributed by atoms with van der Waals surface area (Å²) in [5.74, 6) is 0. The Kier molecular flexibility index (Phi) is 3.05. The van der Waals surface area contributed by atoms with Crippen molar-refractivity contribution in [2.24, 2.45) is 7.05 Å². The van der Waals surface area contributed by atoms with Crippen LogP contribution < -0.4 is 4.90 Å². The second-order valence-corrected chi connectivity index (χ2v) is 5.64. The number of anilines is 1. The van der Waals surface area contributed by atoms with Gasteiger partial charge in [0.2, 0.25) is 0 Å². The minimum absolute atomic E-state index is 0.559. The molecule has 1 aromatic carbocycles. The second-order valence-electron chi connectivity index (χ2n) is 5.64. The molecule has 0 bridgehead atoms. The lowest BCUT2D eigenvalue weighted by molar-refractivity contribution is 0.626. The van der Waals surface area contributed by atoms with Gasteiger partial charge in [-0.05, 0) is 43.9 Å². The highest BCUT2D eigenvalue weighted by Crippen LogP contribution is 2.33. The van der Waals surface area contributed by atoms with Crippen LogP contribution >= 0.6 is 0 Å². The van der Waals surface area contributed by atoms with E-state index < -0.39 is 0 Å². The Hall–Kier alpha value is -1.77. The van der Waals surface area contributed by atoms with Crippen LogP contribution in [0.1, 0.15) is 25.8 Å². The van der Waals surface area contributed by atoms with Gasteiger partial charge in [0.25, 0.3) is 0 Å². The third-order valence-electron chi connectivity index (χ3n) is 3.90. The van der Waals surface area contributed by atoms with E-state index in [1.54, 1.807) is 0 Å². The van der Waals surface area contributed by atoms with Crippen molar-refractivity contribution in [1.82, 2.24) is 9.78 Å². The van der Waals surface area contributed by atoms with Gasteiger partial charge >= 0.3 is 0 Å². The normalized spacial score (nSPS) is 14.8. The quantitative estimate of drug-likeness (QED) is 0.821. The zero-order valence-electron chi connectivity index (χ0n) is 11.9. The number of aromatic nitrogens is 2. The Balaban J connectivity index is 2.04. The summed E-state index contributed by atoms with van der Waals surface area (Å²) < 4.78 is 1.86. The van der Waals surface area contributed by atoms with Gasteiger partial charge in [-0.3, -0.25) is 4.68 Å². The molecular formula is C16H21N3. The standard InChI is InChI=1S/C16H21N3/c1-12(2)19-8-4-5-13-6-7-14(9-16(13)19)15-10-17-18(3)11-15/h6-7,9-12H,4-5,8H2,1-3H3. The molecule has 0 aliphatic carbocycles. The second kappa shape index (κ2) is 4.72. The monoisotopic (exact) mass is 255 g/mol. The lowest BCUT2D eigenvalue weighted by atomic mass is 9.97. The Bertz CT molecular complexity index is 583.